The maximum atomic E-state index is 13.4. The molecule has 0 aromatic heterocycles. The molecule has 1 saturated heterocycles. The van der Waals surface area contributed by atoms with Crippen LogP contribution in [0.25, 0.3) is 0 Å². The summed E-state index contributed by atoms with van der Waals surface area (Å²) in [6.45, 7) is 2.07. The predicted molar refractivity (Wildman–Crippen MR) is 76.7 cm³/mol. The first-order valence-electron chi connectivity index (χ1n) is 7.54. The van der Waals surface area contributed by atoms with Crippen molar-refractivity contribution in [3.8, 4) is 5.75 Å². The lowest BCUT2D eigenvalue weighted by atomic mass is 9.90. The molecule has 1 N–H and O–H groups in total. The van der Waals surface area contributed by atoms with Gasteiger partial charge in [0.1, 0.15) is 11.6 Å². The maximum absolute atomic E-state index is 13.4. The number of halogens is 1. The Balaban J connectivity index is 1.51. The minimum Gasteiger partial charge on any atom is -0.497 e. The molecule has 5 heteroatoms. The summed E-state index contributed by atoms with van der Waals surface area (Å²) in [5, 5.41) is 3.49. The number of rotatable bonds is 4. The van der Waals surface area contributed by atoms with Crippen molar-refractivity contribution < 1.29 is 18.6 Å². The summed E-state index contributed by atoms with van der Waals surface area (Å²) in [6, 6.07) is 5.23. The third-order valence-electron chi connectivity index (χ3n) is 4.32. The van der Waals surface area contributed by atoms with E-state index in [0.717, 1.165) is 31.2 Å². The molecule has 2 fully saturated rings. The summed E-state index contributed by atoms with van der Waals surface area (Å²) in [5.41, 5.74) is 0.903. The molecule has 4 nitrogen and oxygen atoms in total. The van der Waals surface area contributed by atoms with Crippen LogP contribution >= 0.6 is 0 Å². The summed E-state index contributed by atoms with van der Waals surface area (Å²) in [6.07, 6.45) is 3.90. The Morgan fingerprint density at radius 1 is 1.24 bits per heavy atom. The number of hydrogen-bond donors (Lipinski definition) is 1. The van der Waals surface area contributed by atoms with Gasteiger partial charge in [-0.1, -0.05) is 0 Å². The molecule has 1 spiro atoms. The minimum absolute atomic E-state index is 0.262. The van der Waals surface area contributed by atoms with Gasteiger partial charge in [-0.25, -0.2) is 4.39 Å². The highest BCUT2D eigenvalue weighted by molar-refractivity contribution is 5.29. The second-order valence-corrected chi connectivity index (χ2v) is 5.76. The van der Waals surface area contributed by atoms with Crippen LogP contribution in [0, 0.1) is 5.82 Å². The fraction of sp³-hybridized carbons (Fsp3) is 0.625. The van der Waals surface area contributed by atoms with Gasteiger partial charge in [0.25, 0.3) is 0 Å². The zero-order chi connectivity index (χ0) is 14.7. The molecule has 0 bridgehead atoms. The van der Waals surface area contributed by atoms with Crippen LogP contribution in [0.15, 0.2) is 18.2 Å². The lowest BCUT2D eigenvalue weighted by molar-refractivity contribution is -0.179. The molecule has 1 aliphatic carbocycles. The van der Waals surface area contributed by atoms with Crippen LogP contribution in [0.4, 0.5) is 4.39 Å². The van der Waals surface area contributed by atoms with Crippen molar-refractivity contribution in [2.45, 2.75) is 44.1 Å². The van der Waals surface area contributed by atoms with Crippen LogP contribution in [0.3, 0.4) is 0 Å². The summed E-state index contributed by atoms with van der Waals surface area (Å²) in [4.78, 5) is 0. The Hall–Kier alpha value is -1.17. The van der Waals surface area contributed by atoms with E-state index in [1.165, 1.54) is 6.07 Å². The van der Waals surface area contributed by atoms with Gasteiger partial charge in [0, 0.05) is 31.5 Å². The van der Waals surface area contributed by atoms with Crippen molar-refractivity contribution in [3.05, 3.63) is 29.6 Å². The van der Waals surface area contributed by atoms with E-state index in [0.29, 0.717) is 31.5 Å². The quantitative estimate of drug-likeness (QED) is 0.927. The van der Waals surface area contributed by atoms with Crippen LogP contribution in [0.2, 0.25) is 0 Å². The second-order valence-electron chi connectivity index (χ2n) is 5.76. The van der Waals surface area contributed by atoms with E-state index < -0.39 is 0 Å². The molecule has 1 heterocycles. The Labute approximate surface area is 124 Å². The minimum atomic E-state index is -0.319. The SMILES string of the molecule is COc1cc(F)cc(CNC2CCC3(CC2)OCCO3)c1. The van der Waals surface area contributed by atoms with Gasteiger partial charge < -0.3 is 19.5 Å². The van der Waals surface area contributed by atoms with Crippen LogP contribution in [0.5, 0.6) is 5.75 Å². The summed E-state index contributed by atoms with van der Waals surface area (Å²) >= 11 is 0. The number of benzene rings is 1. The Bertz CT molecular complexity index is 478. The summed E-state index contributed by atoms with van der Waals surface area (Å²) in [7, 11) is 1.55. The van der Waals surface area contributed by atoms with Crippen molar-refractivity contribution in [1.29, 1.82) is 0 Å². The van der Waals surface area contributed by atoms with Gasteiger partial charge in [-0.15, -0.1) is 0 Å². The first-order chi connectivity index (χ1) is 10.2. The van der Waals surface area contributed by atoms with Crippen molar-refractivity contribution in [2.75, 3.05) is 20.3 Å². The van der Waals surface area contributed by atoms with E-state index in [-0.39, 0.29) is 11.6 Å². The van der Waals surface area contributed by atoms with Gasteiger partial charge >= 0.3 is 0 Å². The number of hydrogen-bond acceptors (Lipinski definition) is 4. The number of methoxy groups -OCH3 is 1. The molecule has 1 saturated carbocycles. The maximum Gasteiger partial charge on any atom is 0.168 e. The standard InChI is InChI=1S/C16H22FNO3/c1-19-15-9-12(8-13(17)10-15)11-18-14-2-4-16(5-3-14)20-6-7-21-16/h8-10,14,18H,2-7,11H2,1H3. The third kappa shape index (κ3) is 3.54. The molecule has 1 aliphatic heterocycles. The normalized spacial score (nSPS) is 21.8. The first kappa shape index (κ1) is 14.8. The molecule has 0 atom stereocenters. The molecule has 1 aromatic carbocycles. The van der Waals surface area contributed by atoms with Gasteiger partial charge in [0.15, 0.2) is 5.79 Å². The molecule has 1 aromatic rings. The van der Waals surface area contributed by atoms with Gasteiger partial charge in [0.05, 0.1) is 20.3 Å². The van der Waals surface area contributed by atoms with Gasteiger partial charge in [-0.2, -0.15) is 0 Å². The van der Waals surface area contributed by atoms with Crippen LogP contribution in [0.1, 0.15) is 31.2 Å². The first-order valence-corrected chi connectivity index (χ1v) is 7.54. The van der Waals surface area contributed by atoms with E-state index in [4.69, 9.17) is 14.2 Å². The van der Waals surface area contributed by atoms with Crippen LogP contribution in [-0.4, -0.2) is 32.2 Å². The Morgan fingerprint density at radius 2 is 1.95 bits per heavy atom. The molecule has 0 radical (unpaired) electrons. The zero-order valence-corrected chi connectivity index (χ0v) is 12.4. The van der Waals surface area contributed by atoms with Gasteiger partial charge in [0.2, 0.25) is 0 Å². The Kier molecular flexibility index (Phi) is 4.42. The average molecular weight is 295 g/mol. The van der Waals surface area contributed by atoms with Gasteiger partial charge in [-0.3, -0.25) is 0 Å². The number of nitrogens with one attached hydrogen (secondary N) is 1. The lowest BCUT2D eigenvalue weighted by Gasteiger charge is -2.35. The zero-order valence-electron chi connectivity index (χ0n) is 12.4. The predicted octanol–water partition coefficient (Wildman–Crippen LogP) is 2.61. The molecule has 0 unspecified atom stereocenters. The summed E-state index contributed by atoms with van der Waals surface area (Å²) in [5.74, 6) is -0.0241. The van der Waals surface area contributed by atoms with E-state index in [2.05, 4.69) is 5.32 Å². The Morgan fingerprint density at radius 3 is 2.62 bits per heavy atom. The van der Waals surface area contributed by atoms with Crippen molar-refractivity contribution >= 4 is 0 Å². The highest BCUT2D eigenvalue weighted by Crippen LogP contribution is 2.35. The average Bonchev–Trinajstić information content (AvgIpc) is 2.94. The fourth-order valence-electron chi connectivity index (χ4n) is 3.15. The van der Waals surface area contributed by atoms with Crippen molar-refractivity contribution in [3.63, 3.8) is 0 Å². The topological polar surface area (TPSA) is 39.7 Å². The molecular weight excluding hydrogens is 273 g/mol. The highest BCUT2D eigenvalue weighted by Gasteiger charge is 2.40. The van der Waals surface area contributed by atoms with E-state index in [1.54, 1.807) is 13.2 Å². The lowest BCUT2D eigenvalue weighted by Crippen LogP contribution is -2.41. The van der Waals surface area contributed by atoms with Crippen molar-refractivity contribution in [1.82, 2.24) is 5.32 Å². The fourth-order valence-corrected chi connectivity index (χ4v) is 3.15. The molecule has 116 valence electrons. The second kappa shape index (κ2) is 6.30. The molecule has 0 amide bonds. The molecule has 2 aliphatic rings. The highest BCUT2D eigenvalue weighted by atomic mass is 19.1. The van der Waals surface area contributed by atoms with E-state index in [1.807, 2.05) is 6.07 Å². The third-order valence-corrected chi connectivity index (χ3v) is 4.32. The monoisotopic (exact) mass is 295 g/mol. The smallest absolute Gasteiger partial charge is 0.168 e. The summed E-state index contributed by atoms with van der Waals surface area (Å²) < 4.78 is 30.0. The van der Waals surface area contributed by atoms with Crippen molar-refractivity contribution in [2.24, 2.45) is 0 Å². The van der Waals surface area contributed by atoms with E-state index >= 15 is 0 Å². The molecular formula is C16H22FNO3. The van der Waals surface area contributed by atoms with Crippen LogP contribution in [-0.2, 0) is 16.0 Å². The number of ether oxygens (including phenoxy) is 3. The largest absolute Gasteiger partial charge is 0.497 e. The van der Waals surface area contributed by atoms with E-state index in [9.17, 15) is 4.39 Å². The molecule has 21 heavy (non-hydrogen) atoms. The van der Waals surface area contributed by atoms with Crippen LogP contribution < -0.4 is 10.1 Å². The molecule has 3 rings (SSSR count). The van der Waals surface area contributed by atoms with Gasteiger partial charge in [-0.05, 0) is 30.5 Å².